The summed E-state index contributed by atoms with van der Waals surface area (Å²) >= 11 is 0. The van der Waals surface area contributed by atoms with Crippen molar-refractivity contribution in [2.24, 2.45) is 5.10 Å². The molecule has 3 rings (SSSR count). The molecule has 0 spiro atoms. The van der Waals surface area contributed by atoms with Gasteiger partial charge in [0.25, 0.3) is 5.91 Å². The van der Waals surface area contributed by atoms with Crippen molar-refractivity contribution < 1.29 is 14.0 Å². The first-order valence-electron chi connectivity index (χ1n) is 7.29. The molecule has 0 unspecified atom stereocenters. The van der Waals surface area contributed by atoms with Crippen molar-refractivity contribution in [1.82, 2.24) is 5.43 Å². The molecular weight excluding hydrogens is 322 g/mol. The lowest BCUT2D eigenvalue weighted by molar-refractivity contribution is -0.349. The summed E-state index contributed by atoms with van der Waals surface area (Å²) in [5.41, 5.74) is 2.88. The van der Waals surface area contributed by atoms with E-state index in [9.17, 15) is 14.8 Å². The van der Waals surface area contributed by atoms with E-state index in [4.69, 9.17) is 4.42 Å². The Hall–Kier alpha value is -3.74. The number of nitrogens with one attached hydrogen (secondary N) is 1. The summed E-state index contributed by atoms with van der Waals surface area (Å²) in [6.07, 6.45) is 1.39. The Bertz CT molecular complexity index is 1040. The largest absolute Gasteiger partial charge is 0.619 e. The molecule has 0 aliphatic heterocycles. The predicted molar refractivity (Wildman–Crippen MR) is 94.4 cm³/mol. The Kier molecular flexibility index (Phi) is 4.38. The van der Waals surface area contributed by atoms with Crippen LogP contribution in [0, 0.1) is 5.21 Å². The summed E-state index contributed by atoms with van der Waals surface area (Å²) < 4.78 is 5.59. The van der Waals surface area contributed by atoms with Gasteiger partial charge in [-0.3, -0.25) is 4.79 Å². The SMILES string of the molecule is C=[N+]([O-])c1ccc(/C=N/NC(=O)c2cc3ccccc3oc2=O)cc1. The van der Waals surface area contributed by atoms with Gasteiger partial charge in [0.2, 0.25) is 5.69 Å². The average molecular weight is 335 g/mol. The van der Waals surface area contributed by atoms with Gasteiger partial charge < -0.3 is 9.62 Å². The monoisotopic (exact) mass is 335 g/mol. The number of carbonyl (C=O) groups excluding carboxylic acids is 1. The molecule has 1 heterocycles. The minimum absolute atomic E-state index is 0.134. The van der Waals surface area contributed by atoms with E-state index < -0.39 is 11.5 Å². The highest BCUT2D eigenvalue weighted by Crippen LogP contribution is 2.12. The number of fused-ring (bicyclic) bond motifs is 1. The van der Waals surface area contributed by atoms with Gasteiger partial charge >= 0.3 is 5.63 Å². The third kappa shape index (κ3) is 3.61. The van der Waals surface area contributed by atoms with E-state index in [0.717, 1.165) is 0 Å². The highest BCUT2D eigenvalue weighted by molar-refractivity contribution is 5.97. The van der Waals surface area contributed by atoms with Gasteiger partial charge in [-0.15, -0.1) is 0 Å². The zero-order valence-electron chi connectivity index (χ0n) is 13.0. The average Bonchev–Trinajstić information content (AvgIpc) is 2.61. The van der Waals surface area contributed by atoms with Crippen molar-refractivity contribution in [2.75, 3.05) is 0 Å². The summed E-state index contributed by atoms with van der Waals surface area (Å²) in [5.74, 6) is -0.670. The standard InChI is InChI=1S/C18H13N3O4/c1-21(24)14-8-6-12(7-9-14)11-19-20-17(22)15-10-13-4-2-3-5-16(13)25-18(15)23/h2-11H,1H2,(H,20,22)/b19-11+. The van der Waals surface area contributed by atoms with Crippen molar-refractivity contribution in [3.8, 4) is 0 Å². The molecule has 0 aliphatic carbocycles. The van der Waals surface area contributed by atoms with Gasteiger partial charge in [0.15, 0.2) is 0 Å². The second-order valence-electron chi connectivity index (χ2n) is 5.15. The van der Waals surface area contributed by atoms with Crippen LogP contribution in [-0.4, -0.2) is 23.6 Å². The molecule has 1 N–H and O–H groups in total. The molecule has 0 bridgehead atoms. The first kappa shape index (κ1) is 16.1. The van der Waals surface area contributed by atoms with Crippen LogP contribution in [0.5, 0.6) is 0 Å². The lowest BCUT2D eigenvalue weighted by Gasteiger charge is -2.01. The zero-order chi connectivity index (χ0) is 17.8. The molecule has 0 atom stereocenters. The van der Waals surface area contributed by atoms with Gasteiger partial charge in [-0.05, 0) is 29.8 Å². The van der Waals surface area contributed by atoms with Gasteiger partial charge in [0.1, 0.15) is 17.9 Å². The number of carbonyl (C=O) groups is 1. The highest BCUT2D eigenvalue weighted by atomic mass is 16.5. The Morgan fingerprint density at radius 3 is 2.64 bits per heavy atom. The predicted octanol–water partition coefficient (Wildman–Crippen LogP) is 2.40. The molecule has 0 radical (unpaired) electrons. The lowest BCUT2D eigenvalue weighted by Crippen LogP contribution is -2.24. The first-order valence-corrected chi connectivity index (χ1v) is 7.29. The van der Waals surface area contributed by atoms with E-state index in [-0.39, 0.29) is 5.56 Å². The summed E-state index contributed by atoms with van der Waals surface area (Å²) in [4.78, 5) is 24.0. The molecular formula is C18H13N3O4. The summed E-state index contributed by atoms with van der Waals surface area (Å²) in [7, 11) is 0. The van der Waals surface area contributed by atoms with E-state index in [2.05, 4.69) is 17.2 Å². The van der Waals surface area contributed by atoms with Crippen LogP contribution in [0.3, 0.4) is 0 Å². The van der Waals surface area contributed by atoms with Crippen LogP contribution in [0.4, 0.5) is 5.69 Å². The Morgan fingerprint density at radius 2 is 1.92 bits per heavy atom. The molecule has 2 aromatic carbocycles. The van der Waals surface area contributed by atoms with Crippen LogP contribution < -0.4 is 11.1 Å². The topological polar surface area (TPSA) is 97.7 Å². The molecule has 0 saturated carbocycles. The van der Waals surface area contributed by atoms with E-state index in [0.29, 0.717) is 27.0 Å². The number of hydrazone groups is 1. The molecule has 0 fully saturated rings. The molecule has 124 valence electrons. The van der Waals surface area contributed by atoms with Gasteiger partial charge in [-0.2, -0.15) is 9.84 Å². The van der Waals surface area contributed by atoms with E-state index in [1.807, 2.05) is 0 Å². The summed E-state index contributed by atoms with van der Waals surface area (Å²) in [6, 6.07) is 14.8. The van der Waals surface area contributed by atoms with E-state index in [1.54, 1.807) is 48.5 Å². The third-order valence-electron chi connectivity index (χ3n) is 3.45. The summed E-state index contributed by atoms with van der Waals surface area (Å²) in [5, 5.41) is 15.5. The molecule has 0 saturated heterocycles. The first-order chi connectivity index (χ1) is 12.0. The quantitative estimate of drug-likeness (QED) is 0.260. The van der Waals surface area contributed by atoms with Crippen LogP contribution in [0.2, 0.25) is 0 Å². The number of nitrogens with zero attached hydrogens (tertiary/aromatic N) is 2. The van der Waals surface area contributed by atoms with E-state index in [1.165, 1.54) is 12.3 Å². The minimum atomic E-state index is -0.735. The van der Waals surface area contributed by atoms with Crippen LogP contribution in [0.1, 0.15) is 15.9 Å². The van der Waals surface area contributed by atoms with Crippen LogP contribution in [-0.2, 0) is 0 Å². The third-order valence-corrected chi connectivity index (χ3v) is 3.45. The Morgan fingerprint density at radius 1 is 1.20 bits per heavy atom. The number of hydrogen-bond donors (Lipinski definition) is 1. The molecule has 7 heteroatoms. The second-order valence-corrected chi connectivity index (χ2v) is 5.15. The zero-order valence-corrected chi connectivity index (χ0v) is 13.0. The number of para-hydroxylation sites is 1. The van der Waals surface area contributed by atoms with Gasteiger partial charge in [-0.25, -0.2) is 10.2 Å². The number of benzene rings is 2. The fraction of sp³-hybridized carbons (Fsp3) is 0. The van der Waals surface area contributed by atoms with Gasteiger partial charge in [-0.1, -0.05) is 18.2 Å². The molecule has 7 nitrogen and oxygen atoms in total. The van der Waals surface area contributed by atoms with Crippen molar-refractivity contribution in [1.29, 1.82) is 0 Å². The van der Waals surface area contributed by atoms with Crippen LogP contribution >= 0.6 is 0 Å². The maximum Gasteiger partial charge on any atom is 0.349 e. The molecule has 3 aromatic rings. The number of amides is 1. The molecule has 0 aliphatic rings. The van der Waals surface area contributed by atoms with Crippen LogP contribution in [0.15, 0.2) is 68.9 Å². The fourth-order valence-corrected chi connectivity index (χ4v) is 2.17. The Balaban J connectivity index is 1.75. The van der Waals surface area contributed by atoms with Crippen molar-refractivity contribution in [3.63, 3.8) is 0 Å². The van der Waals surface area contributed by atoms with Crippen molar-refractivity contribution >= 4 is 35.5 Å². The van der Waals surface area contributed by atoms with Crippen molar-refractivity contribution in [3.05, 3.63) is 81.4 Å². The van der Waals surface area contributed by atoms with Gasteiger partial charge in [0.05, 0.1) is 6.21 Å². The second kappa shape index (κ2) is 6.79. The maximum absolute atomic E-state index is 12.1. The van der Waals surface area contributed by atoms with E-state index >= 15 is 0 Å². The molecule has 1 aromatic heterocycles. The number of hydrogen-bond acceptors (Lipinski definition) is 5. The smallest absolute Gasteiger partial charge is 0.349 e. The normalized spacial score (nSPS) is 10.9. The minimum Gasteiger partial charge on any atom is -0.619 e. The highest BCUT2D eigenvalue weighted by Gasteiger charge is 2.12. The number of rotatable bonds is 4. The van der Waals surface area contributed by atoms with Crippen molar-refractivity contribution in [2.45, 2.75) is 0 Å². The molecule has 25 heavy (non-hydrogen) atoms. The summed E-state index contributed by atoms with van der Waals surface area (Å²) in [6.45, 7) is 3.24. The van der Waals surface area contributed by atoms with Gasteiger partial charge in [0, 0.05) is 17.5 Å². The maximum atomic E-state index is 12.1. The Labute approximate surface area is 142 Å². The molecule has 1 amide bonds. The fourth-order valence-electron chi connectivity index (χ4n) is 2.17. The lowest BCUT2D eigenvalue weighted by atomic mass is 10.2. The van der Waals surface area contributed by atoms with Crippen LogP contribution in [0.25, 0.3) is 11.0 Å².